The van der Waals surface area contributed by atoms with Gasteiger partial charge in [-0.15, -0.1) is 0 Å². The molecular weight excluding hydrogens is 733 g/mol. The highest BCUT2D eigenvalue weighted by molar-refractivity contribution is 14.1. The minimum atomic E-state index is -0.450. The van der Waals surface area contributed by atoms with Crippen molar-refractivity contribution in [1.82, 2.24) is 0 Å². The standard InChI is InChI=1S/C32H56INO13/c33-9-3-1-2-4-10-37-11-12-38-13-14-39-15-16-40-17-18-41-19-20-42-21-22-43-23-24-44-25-26-45-27-28-46-29-30-47-32-7-5-31(6-8-32)34(35)36/h5-8H,1-4,9-30H2. The Kier molecular flexibility index (Phi) is 33.6. The highest BCUT2D eigenvalue weighted by Gasteiger charge is 2.04. The number of halogens is 1. The molecule has 274 valence electrons. The number of hydrogen-bond acceptors (Lipinski definition) is 13. The Labute approximate surface area is 293 Å². The second-order valence-corrected chi connectivity index (χ2v) is 10.9. The average Bonchev–Trinajstić information content (AvgIpc) is 3.08. The van der Waals surface area contributed by atoms with Gasteiger partial charge < -0.3 is 52.1 Å². The van der Waals surface area contributed by atoms with Gasteiger partial charge in [0.05, 0.1) is 130 Å². The number of non-ortho nitro benzene ring substituents is 1. The molecule has 0 atom stereocenters. The molecule has 0 amide bonds. The van der Waals surface area contributed by atoms with Gasteiger partial charge in [-0.05, 0) is 29.4 Å². The fourth-order valence-corrected chi connectivity index (χ4v) is 4.16. The second-order valence-electron chi connectivity index (χ2n) is 9.83. The van der Waals surface area contributed by atoms with Crippen LogP contribution in [0.2, 0.25) is 0 Å². The zero-order valence-corrected chi connectivity index (χ0v) is 30.0. The van der Waals surface area contributed by atoms with E-state index in [9.17, 15) is 10.1 Å². The molecule has 0 N–H and O–H groups in total. The fraction of sp³-hybridized carbons (Fsp3) is 0.812. The molecule has 0 saturated heterocycles. The van der Waals surface area contributed by atoms with Crippen LogP contribution in [-0.4, -0.2) is 148 Å². The highest BCUT2D eigenvalue weighted by Crippen LogP contribution is 2.17. The van der Waals surface area contributed by atoms with Crippen molar-refractivity contribution in [2.75, 3.05) is 143 Å². The lowest BCUT2D eigenvalue weighted by Crippen LogP contribution is -2.15. The van der Waals surface area contributed by atoms with Crippen LogP contribution in [0.1, 0.15) is 25.7 Å². The topological polar surface area (TPSA) is 145 Å². The average molecular weight is 790 g/mol. The second kappa shape index (κ2) is 36.0. The quantitative estimate of drug-likeness (QED) is 0.0312. The Morgan fingerprint density at radius 2 is 0.723 bits per heavy atom. The molecule has 14 nitrogen and oxygen atoms in total. The summed E-state index contributed by atoms with van der Waals surface area (Å²) in [5, 5.41) is 10.6. The van der Waals surface area contributed by atoms with E-state index in [1.165, 1.54) is 35.8 Å². The molecule has 0 unspecified atom stereocenters. The first-order valence-corrected chi connectivity index (χ1v) is 18.0. The van der Waals surface area contributed by atoms with Gasteiger partial charge in [0, 0.05) is 18.7 Å². The van der Waals surface area contributed by atoms with Gasteiger partial charge in [-0.25, -0.2) is 0 Å². The van der Waals surface area contributed by atoms with E-state index in [0.717, 1.165) is 13.0 Å². The van der Waals surface area contributed by atoms with Crippen molar-refractivity contribution in [3.63, 3.8) is 0 Å². The van der Waals surface area contributed by atoms with E-state index in [1.807, 2.05) is 0 Å². The maximum atomic E-state index is 10.6. The predicted octanol–water partition coefficient (Wildman–Crippen LogP) is 4.14. The van der Waals surface area contributed by atoms with E-state index in [-0.39, 0.29) is 5.69 Å². The van der Waals surface area contributed by atoms with Gasteiger partial charge in [0.15, 0.2) is 0 Å². The highest BCUT2D eigenvalue weighted by atomic mass is 127. The maximum Gasteiger partial charge on any atom is 0.269 e. The number of rotatable bonds is 38. The molecule has 47 heavy (non-hydrogen) atoms. The molecule has 15 heteroatoms. The minimum Gasteiger partial charge on any atom is -0.491 e. The molecule has 0 saturated carbocycles. The lowest BCUT2D eigenvalue weighted by molar-refractivity contribution is -0.384. The van der Waals surface area contributed by atoms with Crippen molar-refractivity contribution in [2.24, 2.45) is 0 Å². The van der Waals surface area contributed by atoms with Gasteiger partial charge in [0.25, 0.3) is 5.69 Å². The number of nitro benzene ring substituents is 1. The Balaban J connectivity index is 1.64. The zero-order chi connectivity index (χ0) is 33.7. The van der Waals surface area contributed by atoms with Crippen molar-refractivity contribution in [3.8, 4) is 5.75 Å². The van der Waals surface area contributed by atoms with Crippen molar-refractivity contribution < 1.29 is 57.0 Å². The Morgan fingerprint density at radius 1 is 0.426 bits per heavy atom. The van der Waals surface area contributed by atoms with Gasteiger partial charge in [-0.1, -0.05) is 35.4 Å². The van der Waals surface area contributed by atoms with Crippen LogP contribution in [0.5, 0.6) is 5.75 Å². The summed E-state index contributed by atoms with van der Waals surface area (Å²) < 4.78 is 61.5. The van der Waals surface area contributed by atoms with E-state index < -0.39 is 4.92 Å². The largest absolute Gasteiger partial charge is 0.491 e. The molecule has 0 aliphatic carbocycles. The monoisotopic (exact) mass is 789 g/mol. The first-order valence-electron chi connectivity index (χ1n) is 16.4. The van der Waals surface area contributed by atoms with Crippen LogP contribution < -0.4 is 4.74 Å². The van der Waals surface area contributed by atoms with Gasteiger partial charge in [-0.3, -0.25) is 10.1 Å². The molecule has 0 spiro atoms. The van der Waals surface area contributed by atoms with Gasteiger partial charge >= 0.3 is 0 Å². The molecule has 0 aliphatic heterocycles. The predicted molar refractivity (Wildman–Crippen MR) is 184 cm³/mol. The Morgan fingerprint density at radius 3 is 1.04 bits per heavy atom. The third-order valence-corrected chi connectivity index (χ3v) is 6.83. The molecule has 0 fully saturated rings. The van der Waals surface area contributed by atoms with Crippen molar-refractivity contribution in [2.45, 2.75) is 25.7 Å². The Bertz CT molecular complexity index is 795. The van der Waals surface area contributed by atoms with E-state index in [2.05, 4.69) is 22.6 Å². The summed E-state index contributed by atoms with van der Waals surface area (Å²) in [6.45, 7) is 10.8. The lowest BCUT2D eigenvalue weighted by Gasteiger charge is -2.09. The van der Waals surface area contributed by atoms with Gasteiger partial charge in [0.2, 0.25) is 0 Å². The normalized spacial score (nSPS) is 11.3. The molecule has 0 radical (unpaired) electrons. The lowest BCUT2D eigenvalue weighted by atomic mass is 10.2. The minimum absolute atomic E-state index is 0.0274. The molecule has 0 aromatic heterocycles. The number of nitro groups is 1. The fourth-order valence-electron chi connectivity index (χ4n) is 3.62. The number of hydrogen-bond donors (Lipinski definition) is 0. The number of nitrogens with zero attached hydrogens (tertiary/aromatic N) is 1. The number of ether oxygens (including phenoxy) is 11. The summed E-state index contributed by atoms with van der Waals surface area (Å²) in [6.07, 6.45) is 4.96. The summed E-state index contributed by atoms with van der Waals surface area (Å²) in [7, 11) is 0. The summed E-state index contributed by atoms with van der Waals surface area (Å²) >= 11 is 2.42. The summed E-state index contributed by atoms with van der Waals surface area (Å²) in [4.78, 5) is 10.2. The number of unbranched alkanes of at least 4 members (excludes halogenated alkanes) is 3. The van der Waals surface area contributed by atoms with Crippen LogP contribution in [0.3, 0.4) is 0 Å². The number of benzene rings is 1. The zero-order valence-electron chi connectivity index (χ0n) is 27.8. The van der Waals surface area contributed by atoms with Crippen LogP contribution >= 0.6 is 22.6 Å². The van der Waals surface area contributed by atoms with Crippen LogP contribution in [0.25, 0.3) is 0 Å². The molecule has 0 heterocycles. The summed E-state index contributed by atoms with van der Waals surface area (Å²) in [5.41, 5.74) is 0.0274. The molecule has 1 aromatic carbocycles. The molecule has 1 aromatic rings. The van der Waals surface area contributed by atoms with E-state index >= 15 is 0 Å². The van der Waals surface area contributed by atoms with Crippen LogP contribution in [0.4, 0.5) is 5.69 Å². The first kappa shape index (κ1) is 43.8. The third-order valence-electron chi connectivity index (χ3n) is 6.06. The van der Waals surface area contributed by atoms with Crippen molar-refractivity contribution >= 4 is 28.3 Å². The first-order chi connectivity index (χ1) is 23.2. The molecule has 0 aliphatic rings. The summed E-state index contributed by atoms with van der Waals surface area (Å²) in [5.74, 6) is 0.558. The van der Waals surface area contributed by atoms with E-state index in [1.54, 1.807) is 12.1 Å². The Hall–Kier alpha value is -1.25. The molecule has 0 bridgehead atoms. The molecule has 1 rings (SSSR count). The van der Waals surface area contributed by atoms with Crippen LogP contribution in [0.15, 0.2) is 24.3 Å². The number of alkyl halides is 1. The van der Waals surface area contributed by atoms with Gasteiger partial charge in [0.1, 0.15) is 12.4 Å². The van der Waals surface area contributed by atoms with Gasteiger partial charge in [-0.2, -0.15) is 0 Å². The third kappa shape index (κ3) is 31.8. The van der Waals surface area contributed by atoms with Crippen molar-refractivity contribution in [3.05, 3.63) is 34.4 Å². The SMILES string of the molecule is O=[N+]([O-])c1ccc(OCCOCCOCCOCCOCCOCCOCCOCCOCCOCCOCCCCCCI)cc1. The van der Waals surface area contributed by atoms with E-state index in [0.29, 0.717) is 138 Å². The summed E-state index contributed by atoms with van der Waals surface area (Å²) in [6, 6.07) is 5.92. The van der Waals surface area contributed by atoms with E-state index in [4.69, 9.17) is 52.1 Å². The van der Waals surface area contributed by atoms with Crippen LogP contribution in [-0.2, 0) is 47.4 Å². The van der Waals surface area contributed by atoms with Crippen LogP contribution in [0, 0.1) is 10.1 Å². The maximum absolute atomic E-state index is 10.6. The van der Waals surface area contributed by atoms with Crippen molar-refractivity contribution in [1.29, 1.82) is 0 Å². The smallest absolute Gasteiger partial charge is 0.269 e. The molecular formula is C32H56INO13.